The summed E-state index contributed by atoms with van der Waals surface area (Å²) in [6.07, 6.45) is 6.47. The molecule has 1 atom stereocenters. The molecule has 1 aromatic rings. The molecule has 0 bridgehead atoms. The van der Waals surface area contributed by atoms with E-state index in [0.717, 1.165) is 6.42 Å². The van der Waals surface area contributed by atoms with Crippen LogP contribution in [0.15, 0.2) is 34.7 Å². The van der Waals surface area contributed by atoms with Gasteiger partial charge in [-0.1, -0.05) is 6.08 Å². The van der Waals surface area contributed by atoms with E-state index in [-0.39, 0.29) is 24.1 Å². The zero-order valence-electron chi connectivity index (χ0n) is 13.9. The molecular weight excluding hydrogens is 390 g/mol. The molecule has 0 aliphatic carbocycles. The van der Waals surface area contributed by atoms with Crippen LogP contribution in [-0.4, -0.2) is 35.9 Å². The van der Waals surface area contributed by atoms with Gasteiger partial charge in [-0.15, -0.1) is 0 Å². The zero-order chi connectivity index (χ0) is 18.2. The highest BCUT2D eigenvalue weighted by atomic mass is 79.9. The van der Waals surface area contributed by atoms with Gasteiger partial charge in [-0.05, 0) is 48.2 Å². The number of amides is 2. The van der Waals surface area contributed by atoms with Crippen molar-refractivity contribution in [3.05, 3.63) is 40.3 Å². The highest BCUT2D eigenvalue weighted by Crippen LogP contribution is 2.17. The SMILES string of the molecule is CCOC(=O)C(=CCC[C@H]1CCNC1=O)NC(=O)c1cncc(Br)c1. The number of rotatable bonds is 7. The van der Waals surface area contributed by atoms with Gasteiger partial charge in [0.1, 0.15) is 5.70 Å². The second-order valence-electron chi connectivity index (χ2n) is 5.54. The lowest BCUT2D eigenvalue weighted by Gasteiger charge is -2.10. The van der Waals surface area contributed by atoms with E-state index in [9.17, 15) is 14.4 Å². The molecule has 2 N–H and O–H groups in total. The lowest BCUT2D eigenvalue weighted by atomic mass is 10.0. The number of allylic oxidation sites excluding steroid dienone is 1. The van der Waals surface area contributed by atoms with E-state index in [0.29, 0.717) is 29.4 Å². The Bertz CT molecular complexity index is 690. The van der Waals surface area contributed by atoms with Crippen molar-refractivity contribution in [2.24, 2.45) is 5.92 Å². The molecule has 1 fully saturated rings. The summed E-state index contributed by atoms with van der Waals surface area (Å²) in [5, 5.41) is 5.35. The summed E-state index contributed by atoms with van der Waals surface area (Å²) in [4.78, 5) is 39.9. The van der Waals surface area contributed by atoms with Gasteiger partial charge in [-0.3, -0.25) is 14.6 Å². The number of nitrogens with zero attached hydrogens (tertiary/aromatic N) is 1. The van der Waals surface area contributed by atoms with Crippen LogP contribution in [0.2, 0.25) is 0 Å². The van der Waals surface area contributed by atoms with Gasteiger partial charge >= 0.3 is 5.97 Å². The van der Waals surface area contributed by atoms with Crippen molar-refractivity contribution in [3.8, 4) is 0 Å². The molecule has 1 aromatic heterocycles. The fourth-order valence-corrected chi connectivity index (χ4v) is 2.84. The molecule has 25 heavy (non-hydrogen) atoms. The molecule has 1 aliphatic heterocycles. The summed E-state index contributed by atoms with van der Waals surface area (Å²) in [7, 11) is 0. The van der Waals surface area contributed by atoms with Crippen molar-refractivity contribution in [2.45, 2.75) is 26.2 Å². The Hall–Kier alpha value is -2.22. The standard InChI is InChI=1S/C17H20BrN3O4/c1-2-25-17(24)14(5-3-4-11-6-7-20-15(11)22)21-16(23)12-8-13(18)10-19-9-12/h5,8-11H,2-4,6-7H2,1H3,(H,20,22)(H,21,23)/t11-/m0/s1. The predicted octanol–water partition coefficient (Wildman–Crippen LogP) is 1.94. The molecule has 2 heterocycles. The van der Waals surface area contributed by atoms with Crippen LogP contribution < -0.4 is 10.6 Å². The third-order valence-corrected chi connectivity index (χ3v) is 4.17. The Morgan fingerprint density at radius 3 is 2.92 bits per heavy atom. The van der Waals surface area contributed by atoms with Gasteiger partial charge in [0.2, 0.25) is 5.91 Å². The van der Waals surface area contributed by atoms with Crippen LogP contribution in [0.3, 0.4) is 0 Å². The second kappa shape index (κ2) is 9.31. The Labute approximate surface area is 154 Å². The van der Waals surface area contributed by atoms with E-state index < -0.39 is 11.9 Å². The number of aromatic nitrogens is 1. The number of carbonyl (C=O) groups excluding carboxylic acids is 3. The van der Waals surface area contributed by atoms with Crippen LogP contribution >= 0.6 is 15.9 Å². The highest BCUT2D eigenvalue weighted by Gasteiger charge is 2.23. The van der Waals surface area contributed by atoms with Crippen molar-refractivity contribution in [1.29, 1.82) is 0 Å². The highest BCUT2D eigenvalue weighted by molar-refractivity contribution is 9.10. The summed E-state index contributed by atoms with van der Waals surface area (Å²) in [5.41, 5.74) is 0.393. The first-order chi connectivity index (χ1) is 12.0. The van der Waals surface area contributed by atoms with Gasteiger partial charge in [-0.25, -0.2) is 4.79 Å². The molecule has 1 saturated heterocycles. The summed E-state index contributed by atoms with van der Waals surface area (Å²) in [6.45, 7) is 2.58. The van der Waals surface area contributed by atoms with Gasteiger partial charge in [0, 0.05) is 29.3 Å². The van der Waals surface area contributed by atoms with E-state index in [1.165, 1.54) is 6.20 Å². The van der Waals surface area contributed by atoms with Crippen LogP contribution in [0.5, 0.6) is 0 Å². The first kappa shape index (κ1) is 19.1. The predicted molar refractivity (Wildman–Crippen MR) is 94.5 cm³/mol. The van der Waals surface area contributed by atoms with E-state index in [1.807, 2.05) is 0 Å². The van der Waals surface area contributed by atoms with E-state index in [1.54, 1.807) is 25.3 Å². The van der Waals surface area contributed by atoms with Crippen LogP contribution in [0.4, 0.5) is 0 Å². The lowest BCUT2D eigenvalue weighted by molar-refractivity contribution is -0.138. The topological polar surface area (TPSA) is 97.4 Å². The van der Waals surface area contributed by atoms with Crippen molar-refractivity contribution >= 4 is 33.7 Å². The molecule has 8 heteroatoms. The van der Waals surface area contributed by atoms with Crippen LogP contribution in [-0.2, 0) is 14.3 Å². The number of hydrogen-bond acceptors (Lipinski definition) is 5. The van der Waals surface area contributed by atoms with Crippen molar-refractivity contribution in [1.82, 2.24) is 15.6 Å². The molecule has 7 nitrogen and oxygen atoms in total. The minimum atomic E-state index is -0.602. The number of pyridine rings is 1. The zero-order valence-corrected chi connectivity index (χ0v) is 15.5. The maximum absolute atomic E-state index is 12.3. The summed E-state index contributed by atoms with van der Waals surface area (Å²) in [5.74, 6) is -1.07. The largest absolute Gasteiger partial charge is 0.461 e. The van der Waals surface area contributed by atoms with Gasteiger partial charge in [0.05, 0.1) is 12.2 Å². The minimum Gasteiger partial charge on any atom is -0.461 e. The van der Waals surface area contributed by atoms with Gasteiger partial charge in [0.25, 0.3) is 5.91 Å². The van der Waals surface area contributed by atoms with E-state index in [2.05, 4.69) is 31.5 Å². The average Bonchev–Trinajstić information content (AvgIpc) is 2.99. The summed E-state index contributed by atoms with van der Waals surface area (Å²) < 4.78 is 5.64. The van der Waals surface area contributed by atoms with Crippen LogP contribution in [0.1, 0.15) is 36.5 Å². The van der Waals surface area contributed by atoms with Crippen molar-refractivity contribution in [2.75, 3.05) is 13.2 Å². The van der Waals surface area contributed by atoms with Gasteiger partial charge < -0.3 is 15.4 Å². The number of esters is 1. The maximum Gasteiger partial charge on any atom is 0.354 e. The molecule has 2 rings (SSSR count). The Morgan fingerprint density at radius 1 is 1.48 bits per heavy atom. The van der Waals surface area contributed by atoms with Gasteiger partial charge in [0.15, 0.2) is 0 Å². The fourth-order valence-electron chi connectivity index (χ4n) is 2.47. The second-order valence-corrected chi connectivity index (χ2v) is 6.45. The molecule has 134 valence electrons. The normalized spacial score (nSPS) is 17.1. The van der Waals surface area contributed by atoms with Gasteiger partial charge in [-0.2, -0.15) is 0 Å². The summed E-state index contributed by atoms with van der Waals surface area (Å²) >= 11 is 3.25. The third kappa shape index (κ3) is 5.67. The first-order valence-electron chi connectivity index (χ1n) is 8.08. The Balaban J connectivity index is 2.04. The van der Waals surface area contributed by atoms with E-state index in [4.69, 9.17) is 4.74 Å². The van der Waals surface area contributed by atoms with E-state index >= 15 is 0 Å². The number of nitrogens with one attached hydrogen (secondary N) is 2. The first-order valence-corrected chi connectivity index (χ1v) is 8.87. The maximum atomic E-state index is 12.3. The number of carbonyl (C=O) groups is 3. The molecule has 0 radical (unpaired) electrons. The minimum absolute atomic E-state index is 0.0373. The van der Waals surface area contributed by atoms with Crippen molar-refractivity contribution in [3.63, 3.8) is 0 Å². The summed E-state index contributed by atoms with van der Waals surface area (Å²) in [6, 6.07) is 1.61. The Morgan fingerprint density at radius 2 is 2.28 bits per heavy atom. The molecule has 0 unspecified atom stereocenters. The Kier molecular flexibility index (Phi) is 7.12. The number of halogens is 1. The number of ether oxygens (including phenoxy) is 1. The molecule has 2 amide bonds. The van der Waals surface area contributed by atoms with Crippen molar-refractivity contribution < 1.29 is 19.1 Å². The molecule has 0 spiro atoms. The average molecular weight is 410 g/mol. The monoisotopic (exact) mass is 409 g/mol. The van der Waals surface area contributed by atoms with Crippen LogP contribution in [0, 0.1) is 5.92 Å². The lowest BCUT2D eigenvalue weighted by Crippen LogP contribution is -2.29. The third-order valence-electron chi connectivity index (χ3n) is 3.74. The molecule has 0 saturated carbocycles. The molecule has 0 aromatic carbocycles. The molecular formula is C17H20BrN3O4. The fraction of sp³-hybridized carbons (Fsp3) is 0.412. The number of hydrogen-bond donors (Lipinski definition) is 2. The smallest absolute Gasteiger partial charge is 0.354 e. The molecule has 1 aliphatic rings. The van der Waals surface area contributed by atoms with Crippen LogP contribution in [0.25, 0.3) is 0 Å². The quantitative estimate of drug-likeness (QED) is 0.529.